The second-order valence-corrected chi connectivity index (χ2v) is 4.07. The Bertz CT molecular complexity index is 669. The molecule has 0 heterocycles. The van der Waals surface area contributed by atoms with Gasteiger partial charge in [0, 0.05) is 11.3 Å². The third-order valence-electron chi connectivity index (χ3n) is 2.63. The van der Waals surface area contributed by atoms with Gasteiger partial charge in [-0.05, 0) is 42.5 Å². The van der Waals surface area contributed by atoms with E-state index >= 15 is 0 Å². The number of carboxylic acid groups (broad SMARTS) is 1. The second kappa shape index (κ2) is 5.40. The zero-order valence-electron chi connectivity index (χ0n) is 10.3. The van der Waals surface area contributed by atoms with Gasteiger partial charge in [0.2, 0.25) is 0 Å². The Labute approximate surface area is 113 Å². The van der Waals surface area contributed by atoms with Crippen molar-refractivity contribution in [2.45, 2.75) is 0 Å². The highest BCUT2D eigenvalue weighted by Gasteiger charge is 2.14. The Hall–Kier alpha value is -2.89. The molecular formula is C14H11FN2O3. The summed E-state index contributed by atoms with van der Waals surface area (Å²) in [5, 5.41) is 11.5. The number of nitrogen functional groups attached to an aromatic ring is 1. The van der Waals surface area contributed by atoms with E-state index in [0.29, 0.717) is 5.69 Å². The van der Waals surface area contributed by atoms with Gasteiger partial charge in [-0.25, -0.2) is 9.18 Å². The van der Waals surface area contributed by atoms with Crippen LogP contribution in [0.15, 0.2) is 42.5 Å². The average molecular weight is 274 g/mol. The molecule has 0 aliphatic carbocycles. The number of carbonyl (C=O) groups is 2. The minimum absolute atomic E-state index is 0.0744. The van der Waals surface area contributed by atoms with Crippen LogP contribution in [0.25, 0.3) is 0 Å². The Morgan fingerprint density at radius 2 is 1.75 bits per heavy atom. The fraction of sp³-hybridized carbons (Fsp3) is 0. The van der Waals surface area contributed by atoms with E-state index in [2.05, 4.69) is 5.32 Å². The lowest BCUT2D eigenvalue weighted by atomic mass is 10.1. The van der Waals surface area contributed by atoms with Crippen molar-refractivity contribution in [3.8, 4) is 0 Å². The predicted molar refractivity (Wildman–Crippen MR) is 72.2 cm³/mol. The van der Waals surface area contributed by atoms with Gasteiger partial charge in [-0.15, -0.1) is 0 Å². The van der Waals surface area contributed by atoms with E-state index in [1.807, 2.05) is 0 Å². The van der Waals surface area contributed by atoms with Gasteiger partial charge in [-0.3, -0.25) is 4.79 Å². The van der Waals surface area contributed by atoms with E-state index in [4.69, 9.17) is 10.8 Å². The number of hydrogen-bond acceptors (Lipinski definition) is 3. The molecule has 0 aromatic heterocycles. The number of benzene rings is 2. The maximum absolute atomic E-state index is 12.8. The summed E-state index contributed by atoms with van der Waals surface area (Å²) >= 11 is 0. The van der Waals surface area contributed by atoms with E-state index < -0.39 is 17.7 Å². The third kappa shape index (κ3) is 2.92. The first-order valence-corrected chi connectivity index (χ1v) is 5.67. The standard InChI is InChI=1S/C14H11FN2O3/c15-9-3-1-8(2-4-9)13(18)17-12-7-10(16)5-6-11(12)14(19)20/h1-7H,16H2,(H,17,18)(H,19,20). The van der Waals surface area contributed by atoms with Crippen LogP contribution in [0.3, 0.4) is 0 Å². The predicted octanol–water partition coefficient (Wildman–Crippen LogP) is 2.36. The summed E-state index contributed by atoms with van der Waals surface area (Å²) in [5.74, 6) is -2.19. The van der Waals surface area contributed by atoms with Gasteiger partial charge in [-0.1, -0.05) is 0 Å². The van der Waals surface area contributed by atoms with Gasteiger partial charge < -0.3 is 16.2 Å². The molecule has 0 aliphatic rings. The molecule has 102 valence electrons. The maximum Gasteiger partial charge on any atom is 0.337 e. The molecule has 6 heteroatoms. The number of nitrogens with one attached hydrogen (secondary N) is 1. The van der Waals surface area contributed by atoms with Crippen LogP contribution in [0.1, 0.15) is 20.7 Å². The first kappa shape index (κ1) is 13.5. The molecule has 0 fully saturated rings. The molecule has 0 radical (unpaired) electrons. The number of carboxylic acids is 1. The van der Waals surface area contributed by atoms with E-state index in [0.717, 1.165) is 12.1 Å². The molecule has 0 bridgehead atoms. The molecule has 0 saturated heterocycles. The van der Waals surface area contributed by atoms with Crippen molar-refractivity contribution in [2.75, 3.05) is 11.1 Å². The van der Waals surface area contributed by atoms with Crippen molar-refractivity contribution in [2.24, 2.45) is 0 Å². The Morgan fingerprint density at radius 3 is 2.35 bits per heavy atom. The number of carbonyl (C=O) groups excluding carboxylic acids is 1. The lowest BCUT2D eigenvalue weighted by Gasteiger charge is -2.09. The largest absolute Gasteiger partial charge is 0.478 e. The van der Waals surface area contributed by atoms with Crippen molar-refractivity contribution in [3.05, 3.63) is 59.4 Å². The van der Waals surface area contributed by atoms with Gasteiger partial charge in [0.25, 0.3) is 5.91 Å². The number of nitrogens with two attached hydrogens (primary N) is 1. The summed E-state index contributed by atoms with van der Waals surface area (Å²) < 4.78 is 12.8. The Balaban J connectivity index is 2.29. The number of halogens is 1. The van der Waals surface area contributed by atoms with Gasteiger partial charge in [0.05, 0.1) is 11.3 Å². The fourth-order valence-electron chi connectivity index (χ4n) is 1.65. The summed E-state index contributed by atoms with van der Waals surface area (Å²) in [6.07, 6.45) is 0. The molecule has 2 aromatic carbocycles. The van der Waals surface area contributed by atoms with Crippen molar-refractivity contribution in [1.29, 1.82) is 0 Å². The van der Waals surface area contributed by atoms with Crippen molar-refractivity contribution < 1.29 is 19.1 Å². The quantitative estimate of drug-likeness (QED) is 0.749. The molecule has 0 atom stereocenters. The molecule has 0 unspecified atom stereocenters. The first-order chi connectivity index (χ1) is 9.47. The normalized spacial score (nSPS) is 10.1. The van der Waals surface area contributed by atoms with E-state index in [1.165, 1.54) is 30.3 Å². The van der Waals surface area contributed by atoms with Crippen LogP contribution in [0.2, 0.25) is 0 Å². The highest BCUT2D eigenvalue weighted by molar-refractivity contribution is 6.08. The Morgan fingerprint density at radius 1 is 1.10 bits per heavy atom. The maximum atomic E-state index is 12.8. The number of aromatic carboxylic acids is 1. The summed E-state index contributed by atoms with van der Waals surface area (Å²) in [7, 11) is 0. The molecule has 2 rings (SSSR count). The molecule has 2 aromatic rings. The molecule has 0 spiro atoms. The van der Waals surface area contributed by atoms with Crippen LogP contribution >= 0.6 is 0 Å². The lowest BCUT2D eigenvalue weighted by Crippen LogP contribution is -2.15. The van der Waals surface area contributed by atoms with Gasteiger partial charge >= 0.3 is 5.97 Å². The number of rotatable bonds is 3. The summed E-state index contributed by atoms with van der Waals surface area (Å²) in [6, 6.07) is 8.98. The Kier molecular flexibility index (Phi) is 3.65. The van der Waals surface area contributed by atoms with Crippen LogP contribution in [0, 0.1) is 5.82 Å². The highest BCUT2D eigenvalue weighted by atomic mass is 19.1. The van der Waals surface area contributed by atoms with Crippen LogP contribution in [-0.2, 0) is 0 Å². The third-order valence-corrected chi connectivity index (χ3v) is 2.63. The van der Waals surface area contributed by atoms with E-state index in [9.17, 15) is 14.0 Å². The van der Waals surface area contributed by atoms with Crippen LogP contribution in [0.4, 0.5) is 15.8 Å². The monoisotopic (exact) mass is 274 g/mol. The second-order valence-electron chi connectivity index (χ2n) is 4.07. The topological polar surface area (TPSA) is 92.4 Å². The highest BCUT2D eigenvalue weighted by Crippen LogP contribution is 2.20. The summed E-state index contributed by atoms with van der Waals surface area (Å²) in [4.78, 5) is 23.0. The molecule has 0 aliphatic heterocycles. The van der Waals surface area contributed by atoms with Crippen LogP contribution in [0.5, 0.6) is 0 Å². The van der Waals surface area contributed by atoms with E-state index in [-0.39, 0.29) is 16.8 Å². The zero-order chi connectivity index (χ0) is 14.7. The summed E-state index contributed by atoms with van der Waals surface area (Å²) in [5.41, 5.74) is 6.12. The van der Waals surface area contributed by atoms with Gasteiger partial charge in [-0.2, -0.15) is 0 Å². The summed E-state index contributed by atoms with van der Waals surface area (Å²) in [6.45, 7) is 0. The molecule has 5 nitrogen and oxygen atoms in total. The van der Waals surface area contributed by atoms with E-state index in [1.54, 1.807) is 0 Å². The minimum atomic E-state index is -1.18. The SMILES string of the molecule is Nc1ccc(C(=O)O)c(NC(=O)c2ccc(F)cc2)c1. The first-order valence-electron chi connectivity index (χ1n) is 5.67. The fourth-order valence-corrected chi connectivity index (χ4v) is 1.65. The van der Waals surface area contributed by atoms with Crippen molar-refractivity contribution >= 4 is 23.3 Å². The van der Waals surface area contributed by atoms with Crippen LogP contribution in [-0.4, -0.2) is 17.0 Å². The average Bonchev–Trinajstić information content (AvgIpc) is 2.39. The molecule has 0 saturated carbocycles. The zero-order valence-corrected chi connectivity index (χ0v) is 10.3. The van der Waals surface area contributed by atoms with Crippen molar-refractivity contribution in [3.63, 3.8) is 0 Å². The number of hydrogen-bond donors (Lipinski definition) is 3. The number of anilines is 2. The minimum Gasteiger partial charge on any atom is -0.478 e. The number of amides is 1. The van der Waals surface area contributed by atoms with Gasteiger partial charge in [0.15, 0.2) is 0 Å². The van der Waals surface area contributed by atoms with Crippen LogP contribution < -0.4 is 11.1 Å². The molecular weight excluding hydrogens is 263 g/mol. The molecule has 1 amide bonds. The molecule has 20 heavy (non-hydrogen) atoms. The molecule has 4 N–H and O–H groups in total. The lowest BCUT2D eigenvalue weighted by molar-refractivity contribution is 0.0698. The van der Waals surface area contributed by atoms with Crippen molar-refractivity contribution in [1.82, 2.24) is 0 Å². The van der Waals surface area contributed by atoms with Gasteiger partial charge in [0.1, 0.15) is 5.82 Å². The smallest absolute Gasteiger partial charge is 0.337 e.